The lowest BCUT2D eigenvalue weighted by atomic mass is 10.0. The molecule has 0 saturated carbocycles. The minimum Gasteiger partial charge on any atom is -0.497 e. The van der Waals surface area contributed by atoms with Gasteiger partial charge in [-0.25, -0.2) is 9.59 Å². The number of methoxy groups -OCH3 is 1. The van der Waals surface area contributed by atoms with Crippen LogP contribution < -0.4 is 15.4 Å². The number of β-lactam (4-membered cyclic amide) rings is 1. The average Bonchev–Trinajstić information content (AvgIpc) is 3.17. The lowest BCUT2D eigenvalue weighted by molar-refractivity contribution is -0.201. The highest BCUT2D eigenvalue weighted by Gasteiger charge is 2.53. The number of nitrogens with two attached hydrogens (primary N) is 1. The van der Waals surface area contributed by atoms with Crippen LogP contribution in [0, 0.1) is 0 Å². The van der Waals surface area contributed by atoms with Crippen molar-refractivity contribution in [1.82, 2.24) is 4.90 Å². The van der Waals surface area contributed by atoms with Gasteiger partial charge in [0.25, 0.3) is 5.91 Å². The molecular formula is C21H18F3N3O6S. The number of carbonyl (C=O) groups excluding carboxylic acids is 4. The van der Waals surface area contributed by atoms with Crippen molar-refractivity contribution in [3.63, 3.8) is 0 Å². The molecule has 3 heterocycles. The number of anilines is 1. The summed E-state index contributed by atoms with van der Waals surface area (Å²) < 4.78 is 47.0. The summed E-state index contributed by atoms with van der Waals surface area (Å²) in [5.74, 6) is -4.79. The van der Waals surface area contributed by atoms with Gasteiger partial charge in [0.15, 0.2) is 0 Å². The van der Waals surface area contributed by atoms with Crippen molar-refractivity contribution in [2.75, 3.05) is 24.3 Å². The number of halogens is 3. The Morgan fingerprint density at radius 2 is 2.00 bits per heavy atom. The van der Waals surface area contributed by atoms with Crippen LogP contribution in [0.1, 0.15) is 6.42 Å². The Morgan fingerprint density at radius 3 is 2.68 bits per heavy atom. The van der Waals surface area contributed by atoms with Gasteiger partial charge in [-0.1, -0.05) is 6.07 Å². The van der Waals surface area contributed by atoms with Gasteiger partial charge in [-0.2, -0.15) is 13.2 Å². The van der Waals surface area contributed by atoms with E-state index in [9.17, 15) is 32.3 Å². The molecule has 2 saturated heterocycles. The van der Waals surface area contributed by atoms with Gasteiger partial charge in [-0.3, -0.25) is 14.5 Å². The van der Waals surface area contributed by atoms with Crippen molar-refractivity contribution in [2.24, 2.45) is 5.73 Å². The quantitative estimate of drug-likeness (QED) is 0.288. The predicted octanol–water partition coefficient (Wildman–Crippen LogP) is 1.49. The molecule has 13 heteroatoms. The van der Waals surface area contributed by atoms with E-state index in [0.29, 0.717) is 18.0 Å². The Bertz CT molecular complexity index is 1150. The zero-order chi connectivity index (χ0) is 24.8. The summed E-state index contributed by atoms with van der Waals surface area (Å²) in [5, 5.41) is -0.689. The molecule has 2 N–H and O–H groups in total. The van der Waals surface area contributed by atoms with Crippen LogP contribution in [0.2, 0.25) is 0 Å². The highest BCUT2D eigenvalue weighted by Crippen LogP contribution is 2.41. The molecule has 0 aliphatic carbocycles. The van der Waals surface area contributed by atoms with E-state index < -0.39 is 41.1 Å². The van der Waals surface area contributed by atoms with E-state index in [1.807, 2.05) is 0 Å². The van der Waals surface area contributed by atoms with Crippen molar-refractivity contribution in [3.05, 3.63) is 47.2 Å². The van der Waals surface area contributed by atoms with Gasteiger partial charge < -0.3 is 20.1 Å². The van der Waals surface area contributed by atoms with Gasteiger partial charge in [0, 0.05) is 29.6 Å². The molecule has 2 fully saturated rings. The number of carbonyl (C=O) groups is 4. The highest BCUT2D eigenvalue weighted by molar-refractivity contribution is 8.00. The fraction of sp³-hybridized carbons (Fsp3) is 0.333. The summed E-state index contributed by atoms with van der Waals surface area (Å²) in [4.78, 5) is 51.4. The molecule has 3 aliphatic rings. The number of benzene rings is 1. The number of thioether (sulfide) groups is 1. The largest absolute Gasteiger partial charge is 0.497 e. The smallest absolute Gasteiger partial charge is 0.491 e. The van der Waals surface area contributed by atoms with Crippen LogP contribution in [0.25, 0.3) is 0 Å². The molecule has 0 bridgehead atoms. The summed E-state index contributed by atoms with van der Waals surface area (Å²) in [7, 11) is 1.49. The van der Waals surface area contributed by atoms with Crippen LogP contribution in [0.4, 0.5) is 18.9 Å². The Labute approximate surface area is 195 Å². The van der Waals surface area contributed by atoms with Crippen LogP contribution in [-0.2, 0) is 23.9 Å². The monoisotopic (exact) mass is 497 g/mol. The minimum atomic E-state index is -5.40. The average molecular weight is 497 g/mol. The summed E-state index contributed by atoms with van der Waals surface area (Å²) >= 11 is 1.19. The van der Waals surface area contributed by atoms with E-state index in [4.69, 9.17) is 10.5 Å². The zero-order valence-corrected chi connectivity index (χ0v) is 18.4. The Hall–Kier alpha value is -3.32. The molecule has 0 radical (unpaired) electrons. The number of amides is 2. The molecule has 180 valence electrons. The van der Waals surface area contributed by atoms with Crippen LogP contribution >= 0.6 is 11.8 Å². The number of allylic oxidation sites excluding steroid dienone is 1. The maximum atomic E-state index is 13.0. The normalized spacial score (nSPS) is 23.7. The molecule has 0 unspecified atom stereocenters. The molecule has 34 heavy (non-hydrogen) atoms. The summed E-state index contributed by atoms with van der Waals surface area (Å²) in [6.45, 7) is 0.320. The number of nitrogens with zero attached hydrogens (tertiary/aromatic N) is 2. The molecule has 4 rings (SSSR count). The van der Waals surface area contributed by atoms with E-state index in [0.717, 1.165) is 4.90 Å². The van der Waals surface area contributed by atoms with E-state index in [2.05, 4.69) is 4.74 Å². The predicted molar refractivity (Wildman–Crippen MR) is 113 cm³/mol. The maximum absolute atomic E-state index is 13.0. The summed E-state index contributed by atoms with van der Waals surface area (Å²) in [6, 6.07) is 5.88. The second-order valence-electron chi connectivity index (χ2n) is 7.56. The fourth-order valence-corrected chi connectivity index (χ4v) is 5.07. The first-order chi connectivity index (χ1) is 16.0. The van der Waals surface area contributed by atoms with Gasteiger partial charge >= 0.3 is 18.1 Å². The van der Waals surface area contributed by atoms with E-state index in [1.165, 1.54) is 29.8 Å². The first-order valence-electron chi connectivity index (χ1n) is 9.96. The summed E-state index contributed by atoms with van der Waals surface area (Å²) in [5.41, 5.74) is 6.16. The Balaban J connectivity index is 1.67. The van der Waals surface area contributed by atoms with Crippen molar-refractivity contribution in [2.45, 2.75) is 24.0 Å². The highest BCUT2D eigenvalue weighted by atomic mass is 32.2. The third-order valence-electron chi connectivity index (χ3n) is 5.49. The molecule has 3 aliphatic heterocycles. The van der Waals surface area contributed by atoms with Crippen LogP contribution in [0.3, 0.4) is 0 Å². The zero-order valence-electron chi connectivity index (χ0n) is 17.6. The molecule has 1 aromatic rings. The van der Waals surface area contributed by atoms with E-state index in [1.54, 1.807) is 24.3 Å². The second kappa shape index (κ2) is 8.80. The number of esters is 2. The molecule has 1 aromatic carbocycles. The van der Waals surface area contributed by atoms with Gasteiger partial charge in [-0.05, 0) is 30.2 Å². The third kappa shape index (κ3) is 4.16. The number of fused-ring (bicyclic) bond motifs is 1. The van der Waals surface area contributed by atoms with E-state index in [-0.39, 0.29) is 29.2 Å². The number of rotatable bonds is 4. The molecule has 9 nitrogen and oxygen atoms in total. The molecular weight excluding hydrogens is 479 g/mol. The van der Waals surface area contributed by atoms with Crippen LogP contribution in [0.5, 0.6) is 5.75 Å². The SMILES string of the molecule is COc1cccc(N2CC/C(=C\C3=C(C(=O)OC(=O)C(F)(F)F)N4C(=O)[C@@H](N)[C@H]4SC3)C2=O)c1. The third-order valence-corrected chi connectivity index (χ3v) is 6.81. The molecule has 0 spiro atoms. The molecule has 2 atom stereocenters. The topological polar surface area (TPSA) is 119 Å². The van der Waals surface area contributed by atoms with Gasteiger partial charge in [0.05, 0.1) is 7.11 Å². The second-order valence-corrected chi connectivity index (χ2v) is 8.67. The van der Waals surface area contributed by atoms with Crippen LogP contribution in [-0.4, -0.2) is 65.7 Å². The maximum Gasteiger partial charge on any atom is 0.491 e. The lowest BCUT2D eigenvalue weighted by Gasteiger charge is -2.48. The van der Waals surface area contributed by atoms with Crippen molar-refractivity contribution in [3.8, 4) is 5.75 Å². The summed E-state index contributed by atoms with van der Waals surface area (Å²) in [6.07, 6.45) is -3.76. The Morgan fingerprint density at radius 1 is 1.26 bits per heavy atom. The molecule has 2 amide bonds. The minimum absolute atomic E-state index is 0.0722. The number of hydrogen-bond acceptors (Lipinski definition) is 8. The molecule has 0 aromatic heterocycles. The van der Waals surface area contributed by atoms with Crippen LogP contribution in [0.15, 0.2) is 47.2 Å². The van der Waals surface area contributed by atoms with Gasteiger partial charge in [0.1, 0.15) is 22.9 Å². The number of alkyl halides is 3. The van der Waals surface area contributed by atoms with E-state index >= 15 is 0 Å². The standard InChI is InChI=1S/C21H18F3N3O6S/c1-32-13-4-2-3-12(8-13)26-6-5-10(16(26)28)7-11-9-34-18-14(25)17(29)27(18)15(11)19(30)33-20(31)21(22,23)24/h2-4,7-8,14,18H,5-6,9,25H2,1H3/b10-7+/t14-,18-/m1/s1. The van der Waals surface area contributed by atoms with Gasteiger partial charge in [-0.15, -0.1) is 11.8 Å². The first kappa shape index (κ1) is 23.8. The lowest BCUT2D eigenvalue weighted by Crippen LogP contribution is -2.68. The van der Waals surface area contributed by atoms with Crippen molar-refractivity contribution < 1.29 is 41.8 Å². The Kier molecular flexibility index (Phi) is 6.16. The number of ether oxygens (including phenoxy) is 2. The fourth-order valence-electron chi connectivity index (χ4n) is 3.81. The van der Waals surface area contributed by atoms with Crippen molar-refractivity contribution in [1.29, 1.82) is 0 Å². The number of hydrogen-bond donors (Lipinski definition) is 1. The van der Waals surface area contributed by atoms with Crippen molar-refractivity contribution >= 4 is 41.2 Å². The first-order valence-corrected chi connectivity index (χ1v) is 11.0. The van der Waals surface area contributed by atoms with Gasteiger partial charge in [0.2, 0.25) is 5.91 Å².